The molecule has 0 saturated heterocycles. The summed E-state index contributed by atoms with van der Waals surface area (Å²) in [6.07, 6.45) is 4.64. The van der Waals surface area contributed by atoms with E-state index in [0.29, 0.717) is 0 Å². The van der Waals surface area contributed by atoms with Crippen molar-refractivity contribution in [2.75, 3.05) is 24.5 Å². The van der Waals surface area contributed by atoms with Gasteiger partial charge in [-0.2, -0.15) is 0 Å². The van der Waals surface area contributed by atoms with Crippen LogP contribution in [0.1, 0.15) is 32.3 Å². The molecule has 1 fully saturated rings. The zero-order chi connectivity index (χ0) is 13.0. The molecule has 2 rings (SSSR count). The lowest BCUT2D eigenvalue weighted by molar-refractivity contribution is 0.717. The minimum absolute atomic E-state index is 0.771. The molecule has 0 atom stereocenters. The van der Waals surface area contributed by atoms with Crippen LogP contribution in [0.3, 0.4) is 0 Å². The summed E-state index contributed by atoms with van der Waals surface area (Å²) in [5.74, 6) is 1.79. The largest absolute Gasteiger partial charge is 0.355 e. The molecule has 0 amide bonds. The van der Waals surface area contributed by atoms with Crippen LogP contribution in [0, 0.1) is 5.92 Å². The molecule has 0 aliphatic heterocycles. The van der Waals surface area contributed by atoms with Gasteiger partial charge in [0.15, 0.2) is 0 Å². The van der Waals surface area contributed by atoms with Gasteiger partial charge in [0.05, 0.1) is 5.02 Å². The van der Waals surface area contributed by atoms with Gasteiger partial charge in [-0.25, -0.2) is 4.98 Å². The molecule has 1 aromatic rings. The fourth-order valence-electron chi connectivity index (χ4n) is 2.05. The van der Waals surface area contributed by atoms with Gasteiger partial charge in [0.1, 0.15) is 5.82 Å². The topological polar surface area (TPSA) is 28.2 Å². The van der Waals surface area contributed by atoms with Gasteiger partial charge in [0.2, 0.25) is 0 Å². The molecule has 1 saturated carbocycles. The first kappa shape index (κ1) is 13.6. The third-order valence-corrected chi connectivity index (χ3v) is 3.59. The van der Waals surface area contributed by atoms with Crippen molar-refractivity contribution in [3.63, 3.8) is 0 Å². The van der Waals surface area contributed by atoms with Gasteiger partial charge in [0, 0.05) is 25.8 Å². The number of nitrogens with one attached hydrogen (secondary N) is 1. The average Bonchev–Trinajstić information content (AvgIpc) is 3.18. The van der Waals surface area contributed by atoms with Crippen molar-refractivity contribution in [2.24, 2.45) is 5.92 Å². The maximum atomic E-state index is 6.35. The summed E-state index contributed by atoms with van der Waals surface area (Å²) in [7, 11) is 0. The highest BCUT2D eigenvalue weighted by Gasteiger charge is 2.25. The van der Waals surface area contributed by atoms with Crippen LogP contribution >= 0.6 is 11.6 Å². The molecule has 1 aliphatic carbocycles. The zero-order valence-electron chi connectivity index (χ0n) is 11.2. The van der Waals surface area contributed by atoms with E-state index >= 15 is 0 Å². The van der Waals surface area contributed by atoms with Crippen molar-refractivity contribution in [1.82, 2.24) is 10.3 Å². The van der Waals surface area contributed by atoms with E-state index in [2.05, 4.69) is 29.0 Å². The third-order valence-electron chi connectivity index (χ3n) is 3.31. The van der Waals surface area contributed by atoms with Crippen LogP contribution in [0.15, 0.2) is 12.3 Å². The summed E-state index contributed by atoms with van der Waals surface area (Å²) < 4.78 is 0. The maximum absolute atomic E-state index is 6.35. The van der Waals surface area contributed by atoms with Crippen LogP contribution in [-0.2, 0) is 6.54 Å². The van der Waals surface area contributed by atoms with E-state index < -0.39 is 0 Å². The molecule has 1 heterocycles. The Morgan fingerprint density at radius 2 is 2.22 bits per heavy atom. The van der Waals surface area contributed by atoms with Crippen molar-refractivity contribution < 1.29 is 0 Å². The normalized spacial score (nSPS) is 14.8. The number of rotatable bonds is 7. The van der Waals surface area contributed by atoms with E-state index in [9.17, 15) is 0 Å². The molecule has 0 radical (unpaired) electrons. The second-order valence-electron chi connectivity index (χ2n) is 4.91. The minimum atomic E-state index is 0.771. The van der Waals surface area contributed by atoms with Crippen LogP contribution in [0.5, 0.6) is 0 Å². The van der Waals surface area contributed by atoms with E-state index in [1.54, 1.807) is 0 Å². The van der Waals surface area contributed by atoms with Crippen molar-refractivity contribution in [3.05, 3.63) is 22.8 Å². The molecule has 0 unspecified atom stereocenters. The first-order valence-corrected chi connectivity index (χ1v) is 7.22. The van der Waals surface area contributed by atoms with Crippen LogP contribution < -0.4 is 10.2 Å². The quantitative estimate of drug-likeness (QED) is 0.823. The van der Waals surface area contributed by atoms with E-state index in [4.69, 9.17) is 11.6 Å². The van der Waals surface area contributed by atoms with E-state index in [1.165, 1.54) is 12.8 Å². The molecule has 0 aromatic carbocycles. The fraction of sp³-hybridized carbons (Fsp3) is 0.643. The zero-order valence-corrected chi connectivity index (χ0v) is 12.0. The summed E-state index contributed by atoms with van der Waals surface area (Å²) in [6, 6.07) is 2.03. The highest BCUT2D eigenvalue weighted by Crippen LogP contribution is 2.32. The van der Waals surface area contributed by atoms with Crippen molar-refractivity contribution in [2.45, 2.75) is 33.2 Å². The predicted octanol–water partition coefficient (Wildman–Crippen LogP) is 3.08. The third kappa shape index (κ3) is 3.59. The molecule has 1 N–H and O–H groups in total. The van der Waals surface area contributed by atoms with Crippen LogP contribution in [-0.4, -0.2) is 24.6 Å². The summed E-state index contributed by atoms with van der Waals surface area (Å²) >= 11 is 6.35. The van der Waals surface area contributed by atoms with Gasteiger partial charge in [-0.3, -0.25) is 0 Å². The number of aromatic nitrogens is 1. The lowest BCUT2D eigenvalue weighted by atomic mass is 10.2. The fourth-order valence-corrected chi connectivity index (χ4v) is 2.35. The summed E-state index contributed by atoms with van der Waals surface area (Å²) in [4.78, 5) is 6.83. The molecule has 18 heavy (non-hydrogen) atoms. The van der Waals surface area contributed by atoms with Gasteiger partial charge in [-0.1, -0.05) is 18.5 Å². The highest BCUT2D eigenvalue weighted by molar-refractivity contribution is 6.33. The van der Waals surface area contributed by atoms with Crippen LogP contribution in [0.25, 0.3) is 0 Å². The van der Waals surface area contributed by atoms with Gasteiger partial charge in [-0.05, 0) is 43.9 Å². The Morgan fingerprint density at radius 1 is 1.44 bits per heavy atom. The molecule has 1 aromatic heterocycles. The van der Waals surface area contributed by atoms with Crippen molar-refractivity contribution >= 4 is 17.4 Å². The van der Waals surface area contributed by atoms with Crippen molar-refractivity contribution in [3.8, 4) is 0 Å². The van der Waals surface area contributed by atoms with Crippen molar-refractivity contribution in [1.29, 1.82) is 0 Å². The van der Waals surface area contributed by atoms with Gasteiger partial charge in [0.25, 0.3) is 0 Å². The lowest BCUT2D eigenvalue weighted by Crippen LogP contribution is -2.26. The second-order valence-corrected chi connectivity index (χ2v) is 5.32. The number of halogens is 1. The number of nitrogens with zero attached hydrogens (tertiary/aromatic N) is 2. The standard InChI is InChI=1S/C14H22ClN3/c1-3-16-8-12-7-13(15)14(17-9-12)18(4-2)10-11-5-6-11/h7,9,11,16H,3-6,8,10H2,1-2H3. The SMILES string of the molecule is CCNCc1cnc(N(CC)CC2CC2)c(Cl)c1. The molecule has 3 nitrogen and oxygen atoms in total. The first-order valence-electron chi connectivity index (χ1n) is 6.84. The highest BCUT2D eigenvalue weighted by atomic mass is 35.5. The monoisotopic (exact) mass is 267 g/mol. The minimum Gasteiger partial charge on any atom is -0.355 e. The Bertz CT molecular complexity index is 391. The average molecular weight is 268 g/mol. The Labute approximate surface area is 115 Å². The predicted molar refractivity (Wildman–Crippen MR) is 77.2 cm³/mol. The second kappa shape index (κ2) is 6.39. The first-order chi connectivity index (χ1) is 8.74. The summed E-state index contributed by atoms with van der Waals surface area (Å²) in [6.45, 7) is 8.11. The number of anilines is 1. The molecule has 4 heteroatoms. The van der Waals surface area contributed by atoms with E-state index in [-0.39, 0.29) is 0 Å². The smallest absolute Gasteiger partial charge is 0.147 e. The Balaban J connectivity index is 2.06. The number of hydrogen-bond donors (Lipinski definition) is 1. The molecule has 0 bridgehead atoms. The van der Waals surface area contributed by atoms with Crippen LogP contribution in [0.4, 0.5) is 5.82 Å². The van der Waals surface area contributed by atoms with Gasteiger partial charge in [-0.15, -0.1) is 0 Å². The number of pyridine rings is 1. The Hall–Kier alpha value is -0.800. The van der Waals surface area contributed by atoms with E-state index in [1.807, 2.05) is 12.3 Å². The molecular weight excluding hydrogens is 246 g/mol. The van der Waals surface area contributed by atoms with Gasteiger partial charge >= 0.3 is 0 Å². The lowest BCUT2D eigenvalue weighted by Gasteiger charge is -2.23. The van der Waals surface area contributed by atoms with E-state index in [0.717, 1.165) is 48.5 Å². The molecule has 0 spiro atoms. The summed E-state index contributed by atoms with van der Waals surface area (Å²) in [5, 5.41) is 4.06. The Kier molecular flexibility index (Phi) is 4.84. The summed E-state index contributed by atoms with van der Waals surface area (Å²) in [5.41, 5.74) is 1.15. The van der Waals surface area contributed by atoms with Gasteiger partial charge < -0.3 is 10.2 Å². The number of hydrogen-bond acceptors (Lipinski definition) is 3. The maximum Gasteiger partial charge on any atom is 0.147 e. The molecule has 100 valence electrons. The van der Waals surface area contributed by atoms with Crippen LogP contribution in [0.2, 0.25) is 5.02 Å². The molecular formula is C14H22ClN3. The Morgan fingerprint density at radius 3 is 2.78 bits per heavy atom. The molecule has 1 aliphatic rings.